The van der Waals surface area contributed by atoms with Crippen molar-refractivity contribution in [2.24, 2.45) is 0 Å². The van der Waals surface area contributed by atoms with E-state index in [1.54, 1.807) is 29.4 Å². The fourth-order valence-electron chi connectivity index (χ4n) is 2.14. The summed E-state index contributed by atoms with van der Waals surface area (Å²) in [5.74, 6) is 1.60. The van der Waals surface area contributed by atoms with Crippen LogP contribution < -0.4 is 5.32 Å². The Kier molecular flexibility index (Phi) is 5.72. The standard InChI is InChI=1S/C18H18N2O2S2/c1-13-16(24-18(20-13)15-8-5-10-22-15)12-19-17(21)9-11-23-14-6-3-2-4-7-14/h2-8,10H,9,11-12H2,1H3,(H,19,21). The van der Waals surface area contributed by atoms with Crippen LogP contribution in [-0.4, -0.2) is 16.6 Å². The number of thioether (sulfide) groups is 1. The highest BCUT2D eigenvalue weighted by Crippen LogP contribution is 2.28. The lowest BCUT2D eigenvalue weighted by atomic mass is 10.3. The molecule has 0 bridgehead atoms. The summed E-state index contributed by atoms with van der Waals surface area (Å²) in [6.45, 7) is 2.47. The quantitative estimate of drug-likeness (QED) is 0.631. The first-order chi connectivity index (χ1) is 11.7. The number of amides is 1. The molecule has 0 unspecified atom stereocenters. The number of aromatic nitrogens is 1. The van der Waals surface area contributed by atoms with Gasteiger partial charge in [-0.05, 0) is 31.2 Å². The number of nitrogens with zero attached hydrogens (tertiary/aromatic N) is 1. The fourth-order valence-corrected chi connectivity index (χ4v) is 3.99. The van der Waals surface area contributed by atoms with Gasteiger partial charge in [-0.25, -0.2) is 4.98 Å². The molecule has 0 fully saturated rings. The summed E-state index contributed by atoms with van der Waals surface area (Å²) in [4.78, 5) is 18.7. The van der Waals surface area contributed by atoms with Crippen LogP contribution in [-0.2, 0) is 11.3 Å². The molecular formula is C18H18N2O2S2. The van der Waals surface area contributed by atoms with E-state index in [-0.39, 0.29) is 5.91 Å². The lowest BCUT2D eigenvalue weighted by Gasteiger charge is -2.04. The summed E-state index contributed by atoms with van der Waals surface area (Å²) in [5, 5.41) is 3.82. The first kappa shape index (κ1) is 16.8. The van der Waals surface area contributed by atoms with E-state index in [0.717, 1.165) is 27.1 Å². The van der Waals surface area contributed by atoms with Gasteiger partial charge in [-0.1, -0.05) is 18.2 Å². The summed E-state index contributed by atoms with van der Waals surface area (Å²) in [6, 6.07) is 13.8. The van der Waals surface area contributed by atoms with E-state index < -0.39 is 0 Å². The van der Waals surface area contributed by atoms with Gasteiger partial charge in [0.05, 0.1) is 18.5 Å². The van der Waals surface area contributed by atoms with E-state index in [2.05, 4.69) is 22.4 Å². The first-order valence-corrected chi connectivity index (χ1v) is 9.47. The fraction of sp³-hybridized carbons (Fsp3) is 0.222. The summed E-state index contributed by atoms with van der Waals surface area (Å²) in [6.07, 6.45) is 2.14. The number of carbonyl (C=O) groups excluding carboxylic acids is 1. The minimum Gasteiger partial charge on any atom is -0.462 e. The van der Waals surface area contributed by atoms with Gasteiger partial charge in [-0.2, -0.15) is 0 Å². The lowest BCUT2D eigenvalue weighted by Crippen LogP contribution is -2.22. The first-order valence-electron chi connectivity index (χ1n) is 7.67. The smallest absolute Gasteiger partial charge is 0.221 e. The molecule has 0 atom stereocenters. The number of carbonyl (C=O) groups is 1. The number of nitrogens with one attached hydrogen (secondary N) is 1. The molecule has 0 aliphatic rings. The second kappa shape index (κ2) is 8.17. The van der Waals surface area contributed by atoms with E-state index in [0.29, 0.717) is 13.0 Å². The molecule has 1 amide bonds. The number of hydrogen-bond acceptors (Lipinski definition) is 5. The Morgan fingerprint density at radius 3 is 2.83 bits per heavy atom. The molecule has 0 spiro atoms. The molecule has 3 aromatic rings. The van der Waals surface area contributed by atoms with Crippen molar-refractivity contribution in [3.8, 4) is 10.8 Å². The summed E-state index contributed by atoms with van der Waals surface area (Å²) < 4.78 is 5.37. The monoisotopic (exact) mass is 358 g/mol. The van der Waals surface area contributed by atoms with Crippen molar-refractivity contribution in [1.82, 2.24) is 10.3 Å². The van der Waals surface area contributed by atoms with Crippen LogP contribution in [0.1, 0.15) is 17.0 Å². The van der Waals surface area contributed by atoms with Gasteiger partial charge in [0.25, 0.3) is 0 Å². The maximum absolute atomic E-state index is 12.0. The van der Waals surface area contributed by atoms with Gasteiger partial charge >= 0.3 is 0 Å². The Bertz CT molecular complexity index is 783. The van der Waals surface area contributed by atoms with Crippen molar-refractivity contribution in [3.63, 3.8) is 0 Å². The van der Waals surface area contributed by atoms with Crippen molar-refractivity contribution in [1.29, 1.82) is 0 Å². The van der Waals surface area contributed by atoms with Crippen LogP contribution >= 0.6 is 23.1 Å². The van der Waals surface area contributed by atoms with Gasteiger partial charge in [0.2, 0.25) is 5.91 Å². The van der Waals surface area contributed by atoms with Crippen molar-refractivity contribution >= 4 is 29.0 Å². The molecule has 6 heteroatoms. The largest absolute Gasteiger partial charge is 0.462 e. The molecule has 124 valence electrons. The number of thiazole rings is 1. The molecule has 0 aliphatic carbocycles. The van der Waals surface area contributed by atoms with Gasteiger partial charge in [0.15, 0.2) is 10.8 Å². The number of aryl methyl sites for hydroxylation is 1. The third-order valence-corrected chi connectivity index (χ3v) is 5.60. The van der Waals surface area contributed by atoms with E-state index >= 15 is 0 Å². The highest BCUT2D eigenvalue weighted by molar-refractivity contribution is 7.99. The molecule has 1 aromatic carbocycles. The highest BCUT2D eigenvalue weighted by atomic mass is 32.2. The molecular weight excluding hydrogens is 340 g/mol. The van der Waals surface area contributed by atoms with Crippen LogP contribution in [0.15, 0.2) is 58.0 Å². The predicted molar refractivity (Wildman–Crippen MR) is 98.2 cm³/mol. The second-order valence-electron chi connectivity index (χ2n) is 5.19. The van der Waals surface area contributed by atoms with Crippen LogP contribution in [0.25, 0.3) is 10.8 Å². The van der Waals surface area contributed by atoms with E-state index in [1.165, 1.54) is 4.90 Å². The Labute approximate surface area is 149 Å². The van der Waals surface area contributed by atoms with Gasteiger partial charge in [-0.15, -0.1) is 23.1 Å². The maximum Gasteiger partial charge on any atom is 0.221 e. The molecule has 24 heavy (non-hydrogen) atoms. The maximum atomic E-state index is 12.0. The Morgan fingerprint density at radius 1 is 1.25 bits per heavy atom. The zero-order valence-corrected chi connectivity index (χ0v) is 15.0. The zero-order valence-electron chi connectivity index (χ0n) is 13.3. The van der Waals surface area contributed by atoms with Crippen molar-refractivity contribution < 1.29 is 9.21 Å². The Hall–Kier alpha value is -2.05. The summed E-state index contributed by atoms with van der Waals surface area (Å²) in [7, 11) is 0. The van der Waals surface area contributed by atoms with Gasteiger partial charge in [0, 0.05) is 21.9 Å². The third kappa shape index (κ3) is 4.49. The minimum absolute atomic E-state index is 0.0609. The molecule has 4 nitrogen and oxygen atoms in total. The molecule has 0 saturated heterocycles. The van der Waals surface area contributed by atoms with Gasteiger partial charge in [-0.3, -0.25) is 4.79 Å². The summed E-state index contributed by atoms with van der Waals surface area (Å²) in [5.41, 5.74) is 0.936. The summed E-state index contributed by atoms with van der Waals surface area (Å²) >= 11 is 3.25. The van der Waals surface area contributed by atoms with Crippen LogP contribution in [0.4, 0.5) is 0 Å². The number of benzene rings is 1. The van der Waals surface area contributed by atoms with Crippen LogP contribution in [0.2, 0.25) is 0 Å². The number of hydrogen-bond donors (Lipinski definition) is 1. The molecule has 0 saturated carbocycles. The topological polar surface area (TPSA) is 55.1 Å². The SMILES string of the molecule is Cc1nc(-c2ccco2)sc1CNC(=O)CCSc1ccccc1. The third-order valence-electron chi connectivity index (χ3n) is 3.41. The normalized spacial score (nSPS) is 10.7. The van der Waals surface area contributed by atoms with Crippen molar-refractivity contribution in [3.05, 3.63) is 59.3 Å². The Balaban J connectivity index is 1.46. The average Bonchev–Trinajstić information content (AvgIpc) is 3.23. The minimum atomic E-state index is 0.0609. The molecule has 1 N–H and O–H groups in total. The van der Waals surface area contributed by atoms with Crippen LogP contribution in [0.5, 0.6) is 0 Å². The molecule has 0 radical (unpaired) electrons. The van der Waals surface area contributed by atoms with E-state index in [1.807, 2.05) is 37.3 Å². The van der Waals surface area contributed by atoms with E-state index in [9.17, 15) is 4.79 Å². The number of rotatable bonds is 7. The van der Waals surface area contributed by atoms with Crippen LogP contribution in [0.3, 0.4) is 0 Å². The lowest BCUT2D eigenvalue weighted by molar-refractivity contribution is -0.120. The molecule has 0 aliphatic heterocycles. The Morgan fingerprint density at radius 2 is 2.08 bits per heavy atom. The highest BCUT2D eigenvalue weighted by Gasteiger charge is 2.12. The van der Waals surface area contributed by atoms with Gasteiger partial charge in [0.1, 0.15) is 0 Å². The van der Waals surface area contributed by atoms with Crippen molar-refractivity contribution in [2.45, 2.75) is 24.8 Å². The van der Waals surface area contributed by atoms with Crippen molar-refractivity contribution in [2.75, 3.05) is 5.75 Å². The molecule has 3 rings (SSSR count). The van der Waals surface area contributed by atoms with Gasteiger partial charge < -0.3 is 9.73 Å². The number of furan rings is 1. The molecule has 2 aromatic heterocycles. The second-order valence-corrected chi connectivity index (χ2v) is 7.45. The van der Waals surface area contributed by atoms with E-state index in [4.69, 9.17) is 4.42 Å². The predicted octanol–water partition coefficient (Wildman–Crippen LogP) is 4.51. The van der Waals surface area contributed by atoms with Crippen LogP contribution in [0, 0.1) is 6.92 Å². The average molecular weight is 358 g/mol. The zero-order chi connectivity index (χ0) is 16.8. The molecule has 2 heterocycles.